The van der Waals surface area contributed by atoms with Crippen molar-refractivity contribution in [1.82, 2.24) is 25.5 Å². The molecule has 4 heterocycles. The Bertz CT molecular complexity index is 1870. The highest BCUT2D eigenvalue weighted by Gasteiger charge is 2.43. The lowest BCUT2D eigenvalue weighted by Crippen LogP contribution is -2.42. The molecule has 45 heavy (non-hydrogen) atoms. The monoisotopic (exact) mass is 622 g/mol. The molecule has 0 fully saturated rings. The van der Waals surface area contributed by atoms with Crippen LogP contribution >= 0.6 is 0 Å². The first-order chi connectivity index (χ1) is 21.4. The number of carbonyl (C=O) groups is 4. The maximum atomic E-state index is 15.1. The van der Waals surface area contributed by atoms with Gasteiger partial charge in [0.1, 0.15) is 25.8 Å². The minimum Gasteiger partial charge on any atom is -0.458 e. The van der Waals surface area contributed by atoms with Gasteiger partial charge < -0.3 is 40.8 Å². The van der Waals surface area contributed by atoms with E-state index in [1.165, 1.54) is 17.6 Å². The molecule has 2 aromatic heterocycles. The van der Waals surface area contributed by atoms with Crippen LogP contribution in [0.5, 0.6) is 0 Å². The molecular weight excluding hydrogens is 591 g/mol. The molecule has 0 saturated heterocycles. The van der Waals surface area contributed by atoms with Crippen LogP contribution in [0.25, 0.3) is 22.3 Å². The Labute approximate surface area is 255 Å². The zero-order chi connectivity index (χ0) is 32.2. The van der Waals surface area contributed by atoms with Crippen LogP contribution in [-0.4, -0.2) is 64.8 Å². The van der Waals surface area contributed by atoms with Crippen molar-refractivity contribution in [3.8, 4) is 11.4 Å². The number of amides is 3. The van der Waals surface area contributed by atoms with E-state index in [1.54, 1.807) is 13.0 Å². The molecule has 14 nitrogen and oxygen atoms in total. The summed E-state index contributed by atoms with van der Waals surface area (Å²) in [5.74, 6) is -2.78. The van der Waals surface area contributed by atoms with Crippen LogP contribution in [0, 0.1) is 12.7 Å². The van der Waals surface area contributed by atoms with E-state index in [4.69, 9.17) is 20.2 Å². The first-order valence-corrected chi connectivity index (χ1v) is 14.3. The smallest absolute Gasteiger partial charge is 0.342 e. The summed E-state index contributed by atoms with van der Waals surface area (Å²) in [4.78, 5) is 66.7. The zero-order valence-electron chi connectivity index (χ0n) is 24.5. The second-order valence-electron chi connectivity index (χ2n) is 11.4. The molecule has 0 saturated carbocycles. The normalized spacial score (nSPS) is 19.3. The van der Waals surface area contributed by atoms with Gasteiger partial charge in [-0.3, -0.25) is 19.2 Å². The molecule has 3 aliphatic rings. The summed E-state index contributed by atoms with van der Waals surface area (Å²) in [5.41, 5.74) is 6.71. The van der Waals surface area contributed by atoms with Crippen molar-refractivity contribution in [3.63, 3.8) is 0 Å². The van der Waals surface area contributed by atoms with Crippen molar-refractivity contribution < 1.29 is 38.1 Å². The largest absolute Gasteiger partial charge is 0.458 e. The number of nitrogens with two attached hydrogens (primary N) is 1. The van der Waals surface area contributed by atoms with Crippen molar-refractivity contribution in [2.24, 2.45) is 5.73 Å². The van der Waals surface area contributed by atoms with Crippen LogP contribution in [0.4, 0.5) is 4.39 Å². The zero-order valence-corrected chi connectivity index (χ0v) is 24.5. The number of esters is 1. The molecule has 6 N–H and O–H groups in total. The van der Waals surface area contributed by atoms with E-state index in [1.807, 2.05) is 0 Å². The van der Waals surface area contributed by atoms with Gasteiger partial charge in [0.05, 0.1) is 48.1 Å². The molecule has 0 radical (unpaired) electrons. The van der Waals surface area contributed by atoms with Crippen LogP contribution in [0.2, 0.25) is 0 Å². The van der Waals surface area contributed by atoms with Gasteiger partial charge in [0.25, 0.3) is 5.56 Å². The van der Waals surface area contributed by atoms with Crippen molar-refractivity contribution in [1.29, 1.82) is 0 Å². The molecule has 1 aromatic carbocycles. The number of halogens is 1. The van der Waals surface area contributed by atoms with Gasteiger partial charge in [-0.05, 0) is 49.4 Å². The lowest BCUT2D eigenvalue weighted by molar-refractivity contribution is -0.169. The summed E-state index contributed by atoms with van der Waals surface area (Å²) < 4.78 is 26.9. The molecule has 0 bridgehead atoms. The third-order valence-corrected chi connectivity index (χ3v) is 8.58. The molecular formula is C30H31FN6O8. The number of hydrogen-bond donors (Lipinski definition) is 5. The number of aryl methyl sites for hydroxylation is 1. The number of aromatic nitrogens is 2. The van der Waals surface area contributed by atoms with Crippen LogP contribution in [0.3, 0.4) is 0 Å². The molecule has 236 valence electrons. The summed E-state index contributed by atoms with van der Waals surface area (Å²) in [6, 6.07) is 2.35. The van der Waals surface area contributed by atoms with E-state index in [2.05, 4.69) is 16.0 Å². The molecule has 1 aliphatic carbocycles. The second kappa shape index (κ2) is 11.3. The van der Waals surface area contributed by atoms with Gasteiger partial charge in [0.2, 0.25) is 17.7 Å². The topological polar surface area (TPSA) is 204 Å². The van der Waals surface area contributed by atoms with Gasteiger partial charge >= 0.3 is 5.97 Å². The van der Waals surface area contributed by atoms with Gasteiger partial charge in [0.15, 0.2) is 5.60 Å². The quantitative estimate of drug-likeness (QED) is 0.0960. The predicted molar refractivity (Wildman–Crippen MR) is 155 cm³/mol. The maximum absolute atomic E-state index is 15.1. The highest BCUT2D eigenvalue weighted by Crippen LogP contribution is 2.45. The highest BCUT2D eigenvalue weighted by atomic mass is 19.1. The Morgan fingerprint density at radius 2 is 1.96 bits per heavy atom. The van der Waals surface area contributed by atoms with Crippen molar-refractivity contribution in [2.75, 3.05) is 26.4 Å². The number of hydrogen-bond acceptors (Lipinski definition) is 10. The fourth-order valence-corrected chi connectivity index (χ4v) is 6.28. The number of rotatable bonds is 8. The average molecular weight is 623 g/mol. The standard InChI is InChI=1S/C30H31FN6O8/c1-13-14-3-4-19(35-24(40)11-44-12-34-23(39)8-33-22(38)7-32)26-15-9-37-21(27(15)36-20(25(14)26)6-18(13)31)5-17-16(28(37)41)10-45-29(42)30(17,2)43/h5-6,19,43H,3-4,7-12,32H2,1-2H3,(H,33,38)(H,34,39)(H,35,40)/t19-,30-/m0/s1. The Hall–Kier alpha value is -4.73. The SMILES string of the molecule is Cc1c(F)cc2nc3c(c4c2c1CC[C@@H]4NC(=O)COCNC(=O)CNC(=O)CN)Cn1c-3cc2c(c1=O)COC(=O)[C@@]2(C)O. The number of pyridine rings is 2. The minimum absolute atomic E-state index is 0.108. The lowest BCUT2D eigenvalue weighted by atomic mass is 9.81. The number of ether oxygens (including phenoxy) is 2. The molecule has 6 rings (SSSR count). The summed E-state index contributed by atoms with van der Waals surface area (Å²) >= 11 is 0. The van der Waals surface area contributed by atoms with E-state index in [0.29, 0.717) is 51.8 Å². The predicted octanol–water partition coefficient (Wildman–Crippen LogP) is -0.594. The van der Waals surface area contributed by atoms with Crippen molar-refractivity contribution >= 4 is 34.6 Å². The van der Waals surface area contributed by atoms with Crippen molar-refractivity contribution in [3.05, 3.63) is 61.7 Å². The Morgan fingerprint density at radius 1 is 1.18 bits per heavy atom. The van der Waals surface area contributed by atoms with Gasteiger partial charge in [-0.25, -0.2) is 14.2 Å². The average Bonchev–Trinajstić information content (AvgIpc) is 3.38. The number of carbonyl (C=O) groups excluding carboxylic acids is 4. The van der Waals surface area contributed by atoms with E-state index in [-0.39, 0.29) is 50.7 Å². The number of nitrogens with one attached hydrogen (secondary N) is 3. The van der Waals surface area contributed by atoms with Crippen LogP contribution in [0.1, 0.15) is 52.8 Å². The fourth-order valence-electron chi connectivity index (χ4n) is 6.28. The van der Waals surface area contributed by atoms with Crippen LogP contribution < -0.4 is 27.2 Å². The second-order valence-corrected chi connectivity index (χ2v) is 11.4. The van der Waals surface area contributed by atoms with Crippen LogP contribution in [-0.2, 0) is 53.8 Å². The molecule has 0 spiro atoms. The molecule has 2 aliphatic heterocycles. The van der Waals surface area contributed by atoms with Gasteiger partial charge in [-0.15, -0.1) is 0 Å². The van der Waals surface area contributed by atoms with E-state index in [9.17, 15) is 29.1 Å². The number of fused-ring (bicyclic) bond motifs is 5. The Kier molecular flexibility index (Phi) is 7.62. The fraction of sp³-hybridized carbons (Fsp3) is 0.400. The van der Waals surface area contributed by atoms with E-state index >= 15 is 4.39 Å². The summed E-state index contributed by atoms with van der Waals surface area (Å²) in [7, 11) is 0. The molecule has 3 amide bonds. The highest BCUT2D eigenvalue weighted by molar-refractivity contribution is 5.94. The minimum atomic E-state index is -2.04. The third-order valence-electron chi connectivity index (χ3n) is 8.58. The Balaban J connectivity index is 1.31. The van der Waals surface area contributed by atoms with Crippen LogP contribution in [0.15, 0.2) is 16.9 Å². The first kappa shape index (κ1) is 30.3. The molecule has 15 heteroatoms. The number of aliphatic hydroxyl groups is 1. The first-order valence-electron chi connectivity index (χ1n) is 14.3. The summed E-state index contributed by atoms with van der Waals surface area (Å²) in [5, 5.41) is 19.3. The maximum Gasteiger partial charge on any atom is 0.342 e. The van der Waals surface area contributed by atoms with E-state index in [0.717, 1.165) is 5.56 Å². The van der Waals surface area contributed by atoms with E-state index < -0.39 is 46.7 Å². The Morgan fingerprint density at radius 3 is 2.71 bits per heavy atom. The number of benzene rings is 1. The molecule has 3 aromatic rings. The van der Waals surface area contributed by atoms with Gasteiger partial charge in [0, 0.05) is 22.6 Å². The number of nitrogens with zero attached hydrogens (tertiary/aromatic N) is 2. The summed E-state index contributed by atoms with van der Waals surface area (Å²) in [6.07, 6.45) is 0.901. The summed E-state index contributed by atoms with van der Waals surface area (Å²) in [6.45, 7) is 1.59. The number of cyclic esters (lactones) is 1. The lowest BCUT2D eigenvalue weighted by Gasteiger charge is -2.30. The molecule has 2 atom stereocenters. The molecule has 0 unspecified atom stereocenters. The van der Waals surface area contributed by atoms with Gasteiger partial charge in [-0.2, -0.15) is 0 Å². The van der Waals surface area contributed by atoms with Gasteiger partial charge in [-0.1, -0.05) is 0 Å². The van der Waals surface area contributed by atoms with Crippen molar-refractivity contribution in [2.45, 2.75) is 51.5 Å². The third kappa shape index (κ3) is 5.11.